The third-order valence-electron chi connectivity index (χ3n) is 8.29. The van der Waals surface area contributed by atoms with E-state index in [1.807, 2.05) is 29.2 Å². The van der Waals surface area contributed by atoms with Gasteiger partial charge in [0.2, 0.25) is 0 Å². The molecular weight excluding hydrogens is 714 g/mol. The lowest BCUT2D eigenvalue weighted by Gasteiger charge is -2.36. The number of hydrogen-bond donors (Lipinski definition) is 3. The number of rotatable bonds is 9. The van der Waals surface area contributed by atoms with E-state index < -0.39 is 17.5 Å². The second kappa shape index (κ2) is 18.5. The Morgan fingerprint density at radius 1 is 0.760 bits per heavy atom. The summed E-state index contributed by atoms with van der Waals surface area (Å²) in [7, 11) is 1.47. The molecule has 3 N–H and O–H groups in total. The molecule has 8 nitrogen and oxygen atoms in total. The van der Waals surface area contributed by atoms with Gasteiger partial charge in [-0.05, 0) is 67.6 Å². The summed E-state index contributed by atoms with van der Waals surface area (Å²) in [5.74, 6) is -0.269. The van der Waals surface area contributed by atoms with Gasteiger partial charge >= 0.3 is 6.18 Å². The number of aliphatic hydroxyl groups excluding tert-OH is 1. The molecule has 2 heterocycles. The Bertz CT molecular complexity index is 1720. The molecular formula is C36H40Cl2F3N3O5S. The van der Waals surface area contributed by atoms with Gasteiger partial charge in [-0.25, -0.2) is 0 Å². The number of benzene rings is 4. The maximum Gasteiger partial charge on any atom is 0.416 e. The number of β-amino-alcohol motifs (C(OH)–C–C–N with tert-alkyl or cyclic N) is 1. The van der Waals surface area contributed by atoms with Crippen molar-refractivity contribution in [3.63, 3.8) is 0 Å². The van der Waals surface area contributed by atoms with E-state index in [4.69, 9.17) is 9.84 Å². The predicted octanol–water partition coefficient (Wildman–Crippen LogP) is 7.49. The molecule has 0 aliphatic carbocycles. The topological polar surface area (TPSA) is 96.7 Å². The van der Waals surface area contributed by atoms with Crippen LogP contribution in [-0.2, 0) is 6.18 Å². The number of nitrogens with zero attached hydrogens (tertiary/aromatic N) is 3. The lowest BCUT2D eigenvalue weighted by Crippen LogP contribution is -2.47. The Kier molecular flexibility index (Phi) is 15.1. The van der Waals surface area contributed by atoms with E-state index in [1.165, 1.54) is 55.3 Å². The third kappa shape index (κ3) is 9.99. The molecule has 0 spiro atoms. The van der Waals surface area contributed by atoms with Crippen molar-refractivity contribution < 1.29 is 38.0 Å². The van der Waals surface area contributed by atoms with Crippen molar-refractivity contribution >= 4 is 53.7 Å². The molecule has 1 fully saturated rings. The first-order valence-electron chi connectivity index (χ1n) is 15.6. The zero-order chi connectivity index (χ0) is 34.3. The quantitative estimate of drug-likeness (QED) is 0.150. The normalized spacial score (nSPS) is 14.2. The molecule has 0 saturated carbocycles. The van der Waals surface area contributed by atoms with E-state index in [9.17, 15) is 28.2 Å². The molecule has 4 aromatic carbocycles. The minimum atomic E-state index is -4.35. The SMILES string of the molecule is COc1ccc(C(=O)c2ccccc2O)c(O)c1.Cl.Cl.OCCN1CCN(CCCN2c3ccccc3Sc3ccc(C(F)(F)F)cc32)CC1. The van der Waals surface area contributed by atoms with Crippen LogP contribution in [0, 0.1) is 0 Å². The summed E-state index contributed by atoms with van der Waals surface area (Å²) >= 11 is 1.53. The standard InChI is InChI=1S/C22H26F3N3OS.C14H12O4.2ClH/c23-22(24,25)17-6-7-21-19(16-17)28(18-4-1-2-5-20(18)30-21)9-3-8-26-10-12-27(13-11-26)14-15-29;1-18-9-6-7-11(13(16)8-9)14(17)10-4-2-3-5-12(10)15;;/h1-2,4-7,16,29H,3,8-15H2;2-8,15-16H,1H3;2*1H. The number of aliphatic hydroxyl groups is 1. The lowest BCUT2D eigenvalue weighted by atomic mass is 10.0. The molecule has 50 heavy (non-hydrogen) atoms. The highest BCUT2D eigenvalue weighted by Crippen LogP contribution is 2.49. The fourth-order valence-corrected chi connectivity index (χ4v) is 6.79. The van der Waals surface area contributed by atoms with Gasteiger partial charge in [0.1, 0.15) is 17.2 Å². The molecule has 0 amide bonds. The molecule has 4 aromatic rings. The minimum Gasteiger partial charge on any atom is -0.507 e. The number of hydrogen-bond acceptors (Lipinski definition) is 9. The second-order valence-corrected chi connectivity index (χ2v) is 12.5. The van der Waals surface area contributed by atoms with Gasteiger partial charge in [0.25, 0.3) is 0 Å². The summed E-state index contributed by atoms with van der Waals surface area (Å²) in [6.45, 7) is 6.29. The maximum absolute atomic E-state index is 13.3. The van der Waals surface area contributed by atoms with Gasteiger partial charge in [0, 0.05) is 55.1 Å². The van der Waals surface area contributed by atoms with Crippen molar-refractivity contribution in [1.82, 2.24) is 9.80 Å². The second-order valence-electron chi connectivity index (χ2n) is 11.4. The van der Waals surface area contributed by atoms with Gasteiger partial charge in [-0.1, -0.05) is 36.0 Å². The van der Waals surface area contributed by atoms with Crippen molar-refractivity contribution in [2.24, 2.45) is 0 Å². The fourth-order valence-electron chi connectivity index (χ4n) is 5.72. The van der Waals surface area contributed by atoms with Crippen LogP contribution >= 0.6 is 36.6 Å². The lowest BCUT2D eigenvalue weighted by molar-refractivity contribution is -0.137. The van der Waals surface area contributed by atoms with Gasteiger partial charge in [0.15, 0.2) is 5.78 Å². The van der Waals surface area contributed by atoms with Crippen molar-refractivity contribution in [2.75, 3.05) is 64.4 Å². The smallest absolute Gasteiger partial charge is 0.416 e. The number of halogens is 5. The molecule has 0 radical (unpaired) electrons. The van der Waals surface area contributed by atoms with Crippen molar-refractivity contribution in [3.8, 4) is 17.2 Å². The van der Waals surface area contributed by atoms with E-state index in [0.717, 1.165) is 54.6 Å². The first-order valence-corrected chi connectivity index (χ1v) is 16.4. The molecule has 2 aliphatic heterocycles. The summed E-state index contributed by atoms with van der Waals surface area (Å²) in [5.41, 5.74) is 1.28. The maximum atomic E-state index is 13.3. The number of alkyl halides is 3. The molecule has 2 aliphatic rings. The van der Waals surface area contributed by atoms with Crippen molar-refractivity contribution in [3.05, 3.63) is 102 Å². The fraction of sp³-hybridized carbons (Fsp3) is 0.306. The summed E-state index contributed by atoms with van der Waals surface area (Å²) < 4.78 is 44.9. The summed E-state index contributed by atoms with van der Waals surface area (Å²) in [6, 6.07) is 22.5. The number of aromatic hydroxyl groups is 2. The number of fused-ring (bicyclic) bond motifs is 2. The van der Waals surface area contributed by atoms with Crippen LogP contribution < -0.4 is 9.64 Å². The van der Waals surface area contributed by atoms with E-state index in [-0.39, 0.29) is 54.0 Å². The molecule has 0 unspecified atom stereocenters. The number of ether oxygens (including phenoxy) is 1. The van der Waals surface area contributed by atoms with Gasteiger partial charge in [-0.3, -0.25) is 9.69 Å². The number of phenols is 2. The molecule has 270 valence electrons. The number of carbonyl (C=O) groups excluding carboxylic acids is 1. The first kappa shape index (κ1) is 40.8. The van der Waals surface area contributed by atoms with Gasteiger partial charge in [0.05, 0.1) is 41.8 Å². The third-order valence-corrected chi connectivity index (χ3v) is 9.42. The van der Waals surface area contributed by atoms with Gasteiger partial charge < -0.3 is 29.9 Å². The largest absolute Gasteiger partial charge is 0.507 e. The van der Waals surface area contributed by atoms with E-state index in [1.54, 1.807) is 24.3 Å². The summed E-state index contributed by atoms with van der Waals surface area (Å²) in [5, 5.41) is 28.4. The van der Waals surface area contributed by atoms with Crippen LogP contribution in [0.25, 0.3) is 0 Å². The average Bonchev–Trinajstić information content (AvgIpc) is 3.08. The number of methoxy groups -OCH3 is 1. The minimum absolute atomic E-state index is 0. The van der Waals surface area contributed by atoms with Crippen LogP contribution in [0.2, 0.25) is 0 Å². The number of piperazine rings is 1. The van der Waals surface area contributed by atoms with E-state index in [2.05, 4.69) is 9.80 Å². The Morgan fingerprint density at radius 2 is 1.38 bits per heavy atom. The van der Waals surface area contributed by atoms with Crippen LogP contribution in [0.1, 0.15) is 27.9 Å². The zero-order valence-corrected chi connectivity index (χ0v) is 29.8. The van der Waals surface area contributed by atoms with Crippen LogP contribution in [0.3, 0.4) is 0 Å². The molecule has 14 heteroatoms. The van der Waals surface area contributed by atoms with Crippen LogP contribution in [-0.4, -0.2) is 90.4 Å². The highest BCUT2D eigenvalue weighted by atomic mass is 35.5. The van der Waals surface area contributed by atoms with Crippen molar-refractivity contribution in [2.45, 2.75) is 22.4 Å². The van der Waals surface area contributed by atoms with Crippen LogP contribution in [0.5, 0.6) is 17.2 Å². The molecule has 6 rings (SSSR count). The average molecular weight is 755 g/mol. The molecule has 1 saturated heterocycles. The molecule has 0 aromatic heterocycles. The first-order chi connectivity index (χ1) is 23.1. The number of para-hydroxylation sites is 2. The molecule has 0 atom stereocenters. The Hall–Kier alpha value is -3.65. The number of ketones is 1. The Labute approximate surface area is 306 Å². The Balaban J connectivity index is 0.000000292. The predicted molar refractivity (Wildman–Crippen MR) is 194 cm³/mol. The van der Waals surface area contributed by atoms with Crippen LogP contribution in [0.15, 0.2) is 94.7 Å². The van der Waals surface area contributed by atoms with Gasteiger partial charge in [-0.2, -0.15) is 13.2 Å². The highest BCUT2D eigenvalue weighted by molar-refractivity contribution is 7.99. The Morgan fingerprint density at radius 3 is 2.02 bits per heavy atom. The zero-order valence-electron chi connectivity index (χ0n) is 27.3. The highest BCUT2D eigenvalue weighted by Gasteiger charge is 2.33. The van der Waals surface area contributed by atoms with Crippen LogP contribution in [0.4, 0.5) is 24.5 Å². The number of carbonyl (C=O) groups is 1. The van der Waals surface area contributed by atoms with E-state index in [0.29, 0.717) is 24.5 Å². The molecule has 0 bridgehead atoms. The monoisotopic (exact) mass is 753 g/mol. The van der Waals surface area contributed by atoms with Gasteiger partial charge in [-0.15, -0.1) is 24.8 Å². The number of phenolic OH excluding ortho intramolecular Hbond substituents is 2. The summed E-state index contributed by atoms with van der Waals surface area (Å²) in [6.07, 6.45) is -3.48. The van der Waals surface area contributed by atoms with Crippen molar-refractivity contribution in [1.29, 1.82) is 0 Å². The summed E-state index contributed by atoms with van der Waals surface area (Å²) in [4.78, 5) is 20.7. The van der Waals surface area contributed by atoms with E-state index >= 15 is 0 Å². The number of anilines is 2.